The molecular formula is C19H20N6O2. The number of benzene rings is 2. The molecule has 8 heteroatoms. The molecule has 0 aliphatic rings. The average Bonchev–Trinajstić information content (AvgIpc) is 3.09. The zero-order valence-corrected chi connectivity index (χ0v) is 14.6. The molecule has 0 fully saturated rings. The predicted octanol–water partition coefficient (Wildman–Crippen LogP) is 2.30. The monoisotopic (exact) mass is 364 g/mol. The summed E-state index contributed by atoms with van der Waals surface area (Å²) in [5.41, 5.74) is 15.8. The second-order valence-electron chi connectivity index (χ2n) is 6.28. The van der Waals surface area contributed by atoms with Gasteiger partial charge < -0.3 is 27.0 Å². The SMILES string of the molecule is NCCCNc1nc2cc(N)ccc2n2c(-c3ccc(O)c(O)c3)cnc12. The third-order valence-electron chi connectivity index (χ3n) is 4.39. The Morgan fingerprint density at radius 2 is 1.93 bits per heavy atom. The minimum absolute atomic E-state index is 0.170. The fourth-order valence-electron chi connectivity index (χ4n) is 3.07. The average molecular weight is 364 g/mol. The van der Waals surface area contributed by atoms with E-state index in [9.17, 15) is 10.2 Å². The van der Waals surface area contributed by atoms with E-state index in [1.54, 1.807) is 18.3 Å². The highest BCUT2D eigenvalue weighted by Gasteiger charge is 2.15. The Hall–Kier alpha value is -3.52. The Kier molecular flexibility index (Phi) is 4.17. The van der Waals surface area contributed by atoms with Crippen LogP contribution in [-0.4, -0.2) is 37.7 Å². The molecule has 0 aliphatic heterocycles. The van der Waals surface area contributed by atoms with Crippen LogP contribution in [0.2, 0.25) is 0 Å². The Balaban J connectivity index is 1.98. The van der Waals surface area contributed by atoms with E-state index in [-0.39, 0.29) is 11.5 Å². The Morgan fingerprint density at radius 1 is 1.07 bits per heavy atom. The van der Waals surface area contributed by atoms with Gasteiger partial charge in [0.1, 0.15) is 0 Å². The first-order valence-corrected chi connectivity index (χ1v) is 8.61. The van der Waals surface area contributed by atoms with E-state index in [4.69, 9.17) is 11.5 Å². The second-order valence-corrected chi connectivity index (χ2v) is 6.28. The number of aromatic nitrogens is 3. The predicted molar refractivity (Wildman–Crippen MR) is 106 cm³/mol. The Bertz CT molecular complexity index is 1140. The van der Waals surface area contributed by atoms with Crippen molar-refractivity contribution in [2.45, 2.75) is 6.42 Å². The number of aromatic hydroxyl groups is 2. The number of hydrogen-bond donors (Lipinski definition) is 5. The maximum absolute atomic E-state index is 9.89. The van der Waals surface area contributed by atoms with Crippen molar-refractivity contribution in [2.24, 2.45) is 5.73 Å². The lowest BCUT2D eigenvalue weighted by Gasteiger charge is -2.12. The van der Waals surface area contributed by atoms with Gasteiger partial charge in [-0.25, -0.2) is 9.97 Å². The molecule has 0 aliphatic carbocycles. The van der Waals surface area contributed by atoms with Crippen LogP contribution in [0.4, 0.5) is 11.5 Å². The van der Waals surface area contributed by atoms with E-state index in [1.165, 1.54) is 12.1 Å². The second kappa shape index (κ2) is 6.65. The van der Waals surface area contributed by atoms with Crippen LogP contribution in [0.15, 0.2) is 42.6 Å². The lowest BCUT2D eigenvalue weighted by Crippen LogP contribution is -2.11. The number of phenolic OH excluding ortho intramolecular Hbond substituents is 2. The quantitative estimate of drug-likeness (QED) is 0.208. The highest BCUT2D eigenvalue weighted by atomic mass is 16.3. The third kappa shape index (κ3) is 2.96. The molecule has 27 heavy (non-hydrogen) atoms. The molecule has 4 aromatic rings. The Morgan fingerprint density at radius 3 is 2.70 bits per heavy atom. The van der Waals surface area contributed by atoms with Crippen molar-refractivity contribution in [1.29, 1.82) is 0 Å². The summed E-state index contributed by atoms with van der Waals surface area (Å²) < 4.78 is 1.96. The number of rotatable bonds is 5. The summed E-state index contributed by atoms with van der Waals surface area (Å²) in [7, 11) is 0. The van der Waals surface area contributed by atoms with Crippen molar-refractivity contribution in [3.05, 3.63) is 42.6 Å². The van der Waals surface area contributed by atoms with E-state index in [1.807, 2.05) is 16.5 Å². The minimum Gasteiger partial charge on any atom is -0.504 e. The van der Waals surface area contributed by atoms with E-state index in [2.05, 4.69) is 15.3 Å². The first-order valence-electron chi connectivity index (χ1n) is 8.61. The molecule has 138 valence electrons. The van der Waals surface area contributed by atoms with Crippen molar-refractivity contribution in [3.8, 4) is 22.8 Å². The van der Waals surface area contributed by atoms with Gasteiger partial charge in [-0.2, -0.15) is 0 Å². The molecule has 0 saturated carbocycles. The fraction of sp³-hybridized carbons (Fsp3) is 0.158. The van der Waals surface area contributed by atoms with Crippen LogP contribution in [0.5, 0.6) is 11.5 Å². The van der Waals surface area contributed by atoms with Gasteiger partial charge in [-0.1, -0.05) is 0 Å². The van der Waals surface area contributed by atoms with Crippen LogP contribution in [0, 0.1) is 0 Å². The van der Waals surface area contributed by atoms with Crippen molar-refractivity contribution >= 4 is 28.2 Å². The number of imidazole rings is 1. The molecule has 0 bridgehead atoms. The molecule has 0 atom stereocenters. The minimum atomic E-state index is -0.189. The largest absolute Gasteiger partial charge is 0.504 e. The highest BCUT2D eigenvalue weighted by Crippen LogP contribution is 2.33. The summed E-state index contributed by atoms with van der Waals surface area (Å²) in [5, 5.41) is 22.8. The number of fused-ring (bicyclic) bond motifs is 3. The molecule has 8 nitrogen and oxygen atoms in total. The van der Waals surface area contributed by atoms with Crippen molar-refractivity contribution in [1.82, 2.24) is 14.4 Å². The molecule has 0 spiro atoms. The van der Waals surface area contributed by atoms with Gasteiger partial charge in [0.25, 0.3) is 0 Å². The van der Waals surface area contributed by atoms with Crippen LogP contribution in [0.1, 0.15) is 6.42 Å². The van der Waals surface area contributed by atoms with Crippen LogP contribution in [0.25, 0.3) is 27.9 Å². The molecule has 0 amide bonds. The van der Waals surface area contributed by atoms with Gasteiger partial charge in [0, 0.05) is 17.8 Å². The summed E-state index contributed by atoms with van der Waals surface area (Å²) in [6.07, 6.45) is 2.52. The molecule has 7 N–H and O–H groups in total. The van der Waals surface area contributed by atoms with E-state index < -0.39 is 0 Å². The smallest absolute Gasteiger partial charge is 0.181 e. The summed E-state index contributed by atoms with van der Waals surface area (Å²) in [5.74, 6) is 0.276. The van der Waals surface area contributed by atoms with Crippen molar-refractivity contribution in [2.75, 3.05) is 24.1 Å². The lowest BCUT2D eigenvalue weighted by atomic mass is 10.1. The van der Waals surface area contributed by atoms with Crippen LogP contribution < -0.4 is 16.8 Å². The maximum atomic E-state index is 9.89. The number of hydrogen-bond acceptors (Lipinski definition) is 7. The molecule has 2 aromatic carbocycles. The lowest BCUT2D eigenvalue weighted by molar-refractivity contribution is 0.404. The Labute approximate surface area is 155 Å². The molecule has 2 heterocycles. The zero-order chi connectivity index (χ0) is 19.0. The highest BCUT2D eigenvalue weighted by molar-refractivity contribution is 5.88. The fourth-order valence-corrected chi connectivity index (χ4v) is 3.07. The molecule has 4 rings (SSSR count). The van der Waals surface area contributed by atoms with Gasteiger partial charge >= 0.3 is 0 Å². The first kappa shape index (κ1) is 16.9. The van der Waals surface area contributed by atoms with E-state index in [0.29, 0.717) is 30.2 Å². The molecule has 0 unspecified atom stereocenters. The third-order valence-corrected chi connectivity index (χ3v) is 4.39. The first-order chi connectivity index (χ1) is 13.1. The summed E-state index contributed by atoms with van der Waals surface area (Å²) in [6, 6.07) is 10.2. The van der Waals surface area contributed by atoms with Crippen LogP contribution in [-0.2, 0) is 0 Å². The standard InChI is InChI=1S/C19H20N6O2/c20-6-1-7-22-18-19-23-10-15(11-2-5-16(26)17(27)8-11)25(19)14-4-3-12(21)9-13(14)24-18/h2-5,8-10,26-27H,1,6-7,20-21H2,(H,22,24). The van der Waals surface area contributed by atoms with E-state index >= 15 is 0 Å². The van der Waals surface area contributed by atoms with Gasteiger partial charge in [-0.05, 0) is 49.4 Å². The van der Waals surface area contributed by atoms with Crippen LogP contribution >= 0.6 is 0 Å². The normalized spacial score (nSPS) is 11.3. The zero-order valence-electron chi connectivity index (χ0n) is 14.6. The molecule has 0 saturated heterocycles. The van der Waals surface area contributed by atoms with Gasteiger partial charge in [0.05, 0.1) is 22.9 Å². The van der Waals surface area contributed by atoms with Crippen molar-refractivity contribution < 1.29 is 10.2 Å². The summed E-state index contributed by atoms with van der Waals surface area (Å²) >= 11 is 0. The number of nitrogen functional groups attached to an aromatic ring is 1. The number of anilines is 2. The van der Waals surface area contributed by atoms with E-state index in [0.717, 1.165) is 28.7 Å². The topological polar surface area (TPSA) is 135 Å². The summed E-state index contributed by atoms with van der Waals surface area (Å²) in [4.78, 5) is 9.20. The summed E-state index contributed by atoms with van der Waals surface area (Å²) in [6.45, 7) is 1.26. The van der Waals surface area contributed by atoms with Gasteiger partial charge in [0.2, 0.25) is 0 Å². The molecular weight excluding hydrogens is 344 g/mol. The maximum Gasteiger partial charge on any atom is 0.181 e. The molecule has 2 aromatic heterocycles. The number of phenols is 2. The van der Waals surface area contributed by atoms with Gasteiger partial charge in [-0.15, -0.1) is 0 Å². The van der Waals surface area contributed by atoms with Crippen molar-refractivity contribution in [3.63, 3.8) is 0 Å². The number of nitrogens with one attached hydrogen (secondary N) is 1. The van der Waals surface area contributed by atoms with Gasteiger partial charge in [0.15, 0.2) is 23.0 Å². The molecule has 0 radical (unpaired) electrons. The number of nitrogens with zero attached hydrogens (tertiary/aromatic N) is 3. The number of nitrogens with two attached hydrogens (primary N) is 2. The van der Waals surface area contributed by atoms with Crippen LogP contribution in [0.3, 0.4) is 0 Å². The van der Waals surface area contributed by atoms with Gasteiger partial charge in [-0.3, -0.25) is 4.40 Å².